The van der Waals surface area contributed by atoms with Crippen molar-refractivity contribution >= 4 is 0 Å². The van der Waals surface area contributed by atoms with Crippen LogP contribution in [0.3, 0.4) is 0 Å². The standard InChI is InChI=1S/C13H19N/c1-9(2)13(14)12-7-6-10-4-3-5-11(10)8-12/h6-9,13H,3-5,14H2,1-2H3/t13-/m0/s1. The fraction of sp³-hybridized carbons (Fsp3) is 0.538. The van der Waals surface area contributed by atoms with Crippen molar-refractivity contribution in [2.45, 2.75) is 39.2 Å². The lowest BCUT2D eigenvalue weighted by Gasteiger charge is -2.17. The van der Waals surface area contributed by atoms with E-state index in [1.54, 1.807) is 0 Å². The molecule has 0 fully saturated rings. The Morgan fingerprint density at radius 1 is 1.14 bits per heavy atom. The highest BCUT2D eigenvalue weighted by atomic mass is 14.6. The van der Waals surface area contributed by atoms with E-state index in [-0.39, 0.29) is 6.04 Å². The number of fused-ring (bicyclic) bond motifs is 1. The normalized spacial score (nSPS) is 17.1. The van der Waals surface area contributed by atoms with Gasteiger partial charge in [0.1, 0.15) is 0 Å². The minimum atomic E-state index is 0.195. The number of hydrogen-bond donors (Lipinski definition) is 1. The van der Waals surface area contributed by atoms with E-state index in [1.807, 2.05) is 0 Å². The minimum Gasteiger partial charge on any atom is -0.324 e. The molecule has 0 aromatic heterocycles. The molecule has 14 heavy (non-hydrogen) atoms. The summed E-state index contributed by atoms with van der Waals surface area (Å²) in [5, 5.41) is 0. The average Bonchev–Trinajstić information content (AvgIpc) is 2.62. The third kappa shape index (κ3) is 1.69. The Hall–Kier alpha value is -0.820. The van der Waals surface area contributed by atoms with Crippen LogP contribution in [0, 0.1) is 5.92 Å². The summed E-state index contributed by atoms with van der Waals surface area (Å²) in [6.07, 6.45) is 3.82. The Morgan fingerprint density at radius 3 is 2.57 bits per heavy atom. The molecule has 0 spiro atoms. The lowest BCUT2D eigenvalue weighted by molar-refractivity contribution is 0.514. The molecule has 0 saturated heterocycles. The Kier molecular flexibility index (Phi) is 2.60. The van der Waals surface area contributed by atoms with Gasteiger partial charge in [-0.3, -0.25) is 0 Å². The Morgan fingerprint density at radius 2 is 1.86 bits per heavy atom. The van der Waals surface area contributed by atoms with Crippen molar-refractivity contribution in [3.63, 3.8) is 0 Å². The summed E-state index contributed by atoms with van der Waals surface area (Å²) in [4.78, 5) is 0. The SMILES string of the molecule is CC(C)[C@H](N)c1ccc2c(c1)CCC2. The number of aryl methyl sites for hydroxylation is 2. The molecule has 0 saturated carbocycles. The molecule has 0 unspecified atom stereocenters. The molecule has 0 heterocycles. The summed E-state index contributed by atoms with van der Waals surface area (Å²) in [6.45, 7) is 4.36. The summed E-state index contributed by atoms with van der Waals surface area (Å²) in [5.41, 5.74) is 10.5. The number of benzene rings is 1. The largest absolute Gasteiger partial charge is 0.324 e. The van der Waals surface area contributed by atoms with E-state index < -0.39 is 0 Å². The maximum atomic E-state index is 6.13. The van der Waals surface area contributed by atoms with Gasteiger partial charge in [0, 0.05) is 6.04 Å². The first-order valence-corrected chi connectivity index (χ1v) is 5.56. The first kappa shape index (κ1) is 9.72. The molecule has 1 nitrogen and oxygen atoms in total. The van der Waals surface area contributed by atoms with Crippen LogP contribution >= 0.6 is 0 Å². The Bertz CT molecular complexity index is 328. The van der Waals surface area contributed by atoms with Gasteiger partial charge < -0.3 is 5.73 Å². The predicted octanol–water partition coefficient (Wildman–Crippen LogP) is 2.83. The van der Waals surface area contributed by atoms with Gasteiger partial charge in [-0.25, -0.2) is 0 Å². The zero-order valence-electron chi connectivity index (χ0n) is 9.09. The van der Waals surface area contributed by atoms with Gasteiger partial charge in [0.2, 0.25) is 0 Å². The van der Waals surface area contributed by atoms with Crippen LogP contribution in [0.25, 0.3) is 0 Å². The van der Waals surface area contributed by atoms with Gasteiger partial charge in [0.05, 0.1) is 0 Å². The summed E-state index contributed by atoms with van der Waals surface area (Å²) >= 11 is 0. The molecule has 0 amide bonds. The fourth-order valence-electron chi connectivity index (χ4n) is 2.18. The third-order valence-corrected chi connectivity index (χ3v) is 3.23. The van der Waals surface area contributed by atoms with Crippen molar-refractivity contribution in [2.24, 2.45) is 11.7 Å². The van der Waals surface area contributed by atoms with Crippen LogP contribution in [0.1, 0.15) is 43.0 Å². The number of rotatable bonds is 2. The van der Waals surface area contributed by atoms with Crippen molar-refractivity contribution in [3.8, 4) is 0 Å². The van der Waals surface area contributed by atoms with E-state index in [0.717, 1.165) is 0 Å². The molecule has 1 heteroatoms. The van der Waals surface area contributed by atoms with Gasteiger partial charge >= 0.3 is 0 Å². The van der Waals surface area contributed by atoms with Gasteiger partial charge in [-0.1, -0.05) is 32.0 Å². The maximum absolute atomic E-state index is 6.13. The van der Waals surface area contributed by atoms with Gasteiger partial charge in [-0.2, -0.15) is 0 Å². The predicted molar refractivity (Wildman–Crippen MR) is 60.2 cm³/mol. The summed E-state index contributed by atoms with van der Waals surface area (Å²) in [5.74, 6) is 0.523. The van der Waals surface area contributed by atoms with Crippen LogP contribution in [-0.2, 0) is 12.8 Å². The zero-order valence-corrected chi connectivity index (χ0v) is 9.09. The molecule has 1 aromatic carbocycles. The molecule has 2 rings (SSSR count). The summed E-state index contributed by atoms with van der Waals surface area (Å²) in [6, 6.07) is 6.97. The first-order valence-electron chi connectivity index (χ1n) is 5.56. The van der Waals surface area contributed by atoms with Crippen molar-refractivity contribution in [1.82, 2.24) is 0 Å². The second-order valence-corrected chi connectivity index (χ2v) is 4.65. The van der Waals surface area contributed by atoms with Crippen molar-refractivity contribution < 1.29 is 0 Å². The van der Waals surface area contributed by atoms with E-state index in [0.29, 0.717) is 5.92 Å². The van der Waals surface area contributed by atoms with Gasteiger partial charge in [-0.05, 0) is 41.9 Å². The number of hydrogen-bond acceptors (Lipinski definition) is 1. The second kappa shape index (κ2) is 3.74. The topological polar surface area (TPSA) is 26.0 Å². The molecular formula is C13H19N. The van der Waals surface area contributed by atoms with Gasteiger partial charge in [0.15, 0.2) is 0 Å². The van der Waals surface area contributed by atoms with Gasteiger partial charge in [0.25, 0.3) is 0 Å². The van der Waals surface area contributed by atoms with Gasteiger partial charge in [-0.15, -0.1) is 0 Å². The van der Waals surface area contributed by atoms with Crippen molar-refractivity contribution in [2.75, 3.05) is 0 Å². The van der Waals surface area contributed by atoms with E-state index in [1.165, 1.54) is 36.0 Å². The Balaban J connectivity index is 2.28. The second-order valence-electron chi connectivity index (χ2n) is 4.65. The van der Waals surface area contributed by atoms with Crippen LogP contribution in [0.5, 0.6) is 0 Å². The van der Waals surface area contributed by atoms with Crippen molar-refractivity contribution in [1.29, 1.82) is 0 Å². The molecule has 1 atom stereocenters. The molecular weight excluding hydrogens is 170 g/mol. The van der Waals surface area contributed by atoms with E-state index >= 15 is 0 Å². The number of nitrogens with two attached hydrogens (primary N) is 1. The summed E-state index contributed by atoms with van der Waals surface area (Å²) < 4.78 is 0. The summed E-state index contributed by atoms with van der Waals surface area (Å²) in [7, 11) is 0. The zero-order chi connectivity index (χ0) is 10.1. The van der Waals surface area contributed by atoms with Crippen LogP contribution in [0.15, 0.2) is 18.2 Å². The van der Waals surface area contributed by atoms with Crippen LogP contribution in [0.4, 0.5) is 0 Å². The molecule has 0 radical (unpaired) electrons. The highest BCUT2D eigenvalue weighted by Crippen LogP contribution is 2.26. The van der Waals surface area contributed by atoms with Crippen LogP contribution in [0.2, 0.25) is 0 Å². The smallest absolute Gasteiger partial charge is 0.0318 e. The highest BCUT2D eigenvalue weighted by Gasteiger charge is 2.15. The fourth-order valence-corrected chi connectivity index (χ4v) is 2.18. The van der Waals surface area contributed by atoms with E-state index in [9.17, 15) is 0 Å². The van der Waals surface area contributed by atoms with E-state index in [4.69, 9.17) is 5.73 Å². The van der Waals surface area contributed by atoms with E-state index in [2.05, 4.69) is 32.0 Å². The van der Waals surface area contributed by atoms with Crippen LogP contribution < -0.4 is 5.73 Å². The highest BCUT2D eigenvalue weighted by molar-refractivity contribution is 5.36. The van der Waals surface area contributed by atoms with Crippen LogP contribution in [-0.4, -0.2) is 0 Å². The molecule has 1 aliphatic carbocycles. The molecule has 1 aromatic rings. The average molecular weight is 189 g/mol. The Labute approximate surface area is 86.3 Å². The third-order valence-electron chi connectivity index (χ3n) is 3.23. The maximum Gasteiger partial charge on any atom is 0.0318 e. The minimum absolute atomic E-state index is 0.195. The molecule has 76 valence electrons. The molecule has 1 aliphatic rings. The molecule has 0 aliphatic heterocycles. The lowest BCUT2D eigenvalue weighted by Crippen LogP contribution is -2.16. The quantitative estimate of drug-likeness (QED) is 0.760. The first-order chi connectivity index (χ1) is 6.68. The van der Waals surface area contributed by atoms with Crippen molar-refractivity contribution in [3.05, 3.63) is 34.9 Å². The monoisotopic (exact) mass is 189 g/mol. The molecule has 0 bridgehead atoms. The molecule has 2 N–H and O–H groups in total. The lowest BCUT2D eigenvalue weighted by atomic mass is 9.94.